The fourth-order valence-electron chi connectivity index (χ4n) is 2.03. The molecule has 4 heteroatoms. The summed E-state index contributed by atoms with van der Waals surface area (Å²) < 4.78 is 5.49. The largest absolute Gasteiger partial charge is 0.493 e. The average Bonchev–Trinajstić information content (AvgIpc) is 2.26. The van der Waals surface area contributed by atoms with Crippen molar-refractivity contribution in [2.45, 2.75) is 27.7 Å². The maximum absolute atomic E-state index is 12.5. The zero-order valence-electron chi connectivity index (χ0n) is 12.5. The molecule has 0 aliphatic heterocycles. The van der Waals surface area contributed by atoms with Crippen molar-refractivity contribution in [1.82, 2.24) is 4.90 Å². The van der Waals surface area contributed by atoms with E-state index in [1.807, 2.05) is 6.92 Å². The lowest BCUT2D eigenvalue weighted by Gasteiger charge is -2.27. The molecule has 1 rings (SSSR count). The van der Waals surface area contributed by atoms with Crippen LogP contribution in [0.5, 0.6) is 5.75 Å². The van der Waals surface area contributed by atoms with Crippen LogP contribution in [-0.4, -0.2) is 31.0 Å². The molecule has 0 heterocycles. The second-order valence-electron chi connectivity index (χ2n) is 5.88. The summed E-state index contributed by atoms with van der Waals surface area (Å²) in [6.45, 7) is 9.33. The van der Waals surface area contributed by atoms with Crippen molar-refractivity contribution in [1.29, 1.82) is 0 Å². The Labute approximate surface area is 115 Å². The third-order valence-electron chi connectivity index (χ3n) is 2.63. The molecule has 0 spiro atoms. The molecule has 2 N–H and O–H groups in total. The third-order valence-corrected chi connectivity index (χ3v) is 2.63. The number of carbonyl (C=O) groups excluding carboxylic acids is 1. The molecule has 1 aromatic carbocycles. The average molecular weight is 264 g/mol. The van der Waals surface area contributed by atoms with Gasteiger partial charge in [0.1, 0.15) is 11.3 Å². The summed E-state index contributed by atoms with van der Waals surface area (Å²) in [4.78, 5) is 14.2. The third kappa shape index (κ3) is 4.16. The van der Waals surface area contributed by atoms with Crippen LogP contribution in [0.15, 0.2) is 18.2 Å². The normalized spacial score (nSPS) is 11.2. The van der Waals surface area contributed by atoms with E-state index in [1.165, 1.54) is 0 Å². The molecular formula is C15H24N2O2. The Balaban J connectivity index is 3.04. The van der Waals surface area contributed by atoms with Gasteiger partial charge >= 0.3 is 0 Å². The molecule has 0 unspecified atom stereocenters. The van der Waals surface area contributed by atoms with Gasteiger partial charge < -0.3 is 15.4 Å². The molecule has 0 aromatic heterocycles. The molecule has 0 aliphatic rings. The zero-order valence-corrected chi connectivity index (χ0v) is 12.5. The summed E-state index contributed by atoms with van der Waals surface area (Å²) in [5.74, 6) is 0.449. The Bertz CT molecular complexity index is 450. The lowest BCUT2D eigenvalue weighted by Crippen LogP contribution is -2.35. The van der Waals surface area contributed by atoms with Crippen LogP contribution in [0.4, 0.5) is 5.69 Å². The van der Waals surface area contributed by atoms with Gasteiger partial charge in [0.2, 0.25) is 0 Å². The summed E-state index contributed by atoms with van der Waals surface area (Å²) in [7, 11) is 1.79. The summed E-state index contributed by atoms with van der Waals surface area (Å²) in [6, 6.07) is 5.29. The van der Waals surface area contributed by atoms with E-state index < -0.39 is 0 Å². The van der Waals surface area contributed by atoms with Crippen LogP contribution >= 0.6 is 0 Å². The van der Waals surface area contributed by atoms with E-state index in [2.05, 4.69) is 20.8 Å². The highest BCUT2D eigenvalue weighted by molar-refractivity contribution is 6.01. The van der Waals surface area contributed by atoms with Gasteiger partial charge in [-0.1, -0.05) is 26.8 Å². The van der Waals surface area contributed by atoms with E-state index >= 15 is 0 Å². The SMILES string of the molecule is CCOc1cccc(N)c1C(=O)N(C)CC(C)(C)C. The van der Waals surface area contributed by atoms with Gasteiger partial charge in [-0.05, 0) is 24.5 Å². The number of hydrogen-bond donors (Lipinski definition) is 1. The van der Waals surface area contributed by atoms with E-state index in [0.29, 0.717) is 30.2 Å². The molecule has 19 heavy (non-hydrogen) atoms. The van der Waals surface area contributed by atoms with Crippen molar-refractivity contribution < 1.29 is 9.53 Å². The molecular weight excluding hydrogens is 240 g/mol. The maximum Gasteiger partial charge on any atom is 0.259 e. The van der Waals surface area contributed by atoms with Crippen LogP contribution in [0.25, 0.3) is 0 Å². The molecule has 0 aliphatic carbocycles. The van der Waals surface area contributed by atoms with Gasteiger partial charge in [-0.15, -0.1) is 0 Å². The van der Waals surface area contributed by atoms with Crippen molar-refractivity contribution in [3.8, 4) is 5.75 Å². The van der Waals surface area contributed by atoms with E-state index in [9.17, 15) is 4.79 Å². The number of nitrogens with zero attached hydrogens (tertiary/aromatic N) is 1. The summed E-state index contributed by atoms with van der Waals surface area (Å²) in [5, 5.41) is 0. The Kier molecular flexibility index (Phi) is 4.81. The Hall–Kier alpha value is -1.71. The van der Waals surface area contributed by atoms with Gasteiger partial charge in [-0.3, -0.25) is 4.79 Å². The molecule has 1 amide bonds. The maximum atomic E-state index is 12.5. The number of nitrogens with two attached hydrogens (primary N) is 1. The molecule has 0 atom stereocenters. The highest BCUT2D eigenvalue weighted by Gasteiger charge is 2.23. The van der Waals surface area contributed by atoms with Crippen molar-refractivity contribution >= 4 is 11.6 Å². The number of carbonyl (C=O) groups is 1. The first-order chi connectivity index (χ1) is 8.76. The zero-order chi connectivity index (χ0) is 14.6. The summed E-state index contributed by atoms with van der Waals surface area (Å²) in [5.41, 5.74) is 6.88. The fourth-order valence-corrected chi connectivity index (χ4v) is 2.03. The second-order valence-corrected chi connectivity index (χ2v) is 5.88. The molecule has 0 saturated heterocycles. The molecule has 1 aromatic rings. The molecule has 0 saturated carbocycles. The first-order valence-corrected chi connectivity index (χ1v) is 6.53. The van der Waals surface area contributed by atoms with Crippen LogP contribution in [0.3, 0.4) is 0 Å². The minimum absolute atomic E-state index is 0.0414. The highest BCUT2D eigenvalue weighted by atomic mass is 16.5. The number of rotatable bonds is 4. The number of amides is 1. The van der Waals surface area contributed by atoms with Crippen LogP contribution in [-0.2, 0) is 0 Å². The number of anilines is 1. The lowest BCUT2D eigenvalue weighted by molar-refractivity contribution is 0.0742. The fraction of sp³-hybridized carbons (Fsp3) is 0.533. The first kappa shape index (κ1) is 15.3. The Morgan fingerprint density at radius 2 is 2.00 bits per heavy atom. The smallest absolute Gasteiger partial charge is 0.259 e. The van der Waals surface area contributed by atoms with Crippen LogP contribution in [0, 0.1) is 5.41 Å². The van der Waals surface area contributed by atoms with Crippen molar-refractivity contribution in [3.63, 3.8) is 0 Å². The van der Waals surface area contributed by atoms with Crippen molar-refractivity contribution in [2.24, 2.45) is 5.41 Å². The predicted octanol–water partition coefficient (Wildman–Crippen LogP) is 2.79. The lowest BCUT2D eigenvalue weighted by atomic mass is 9.96. The number of nitrogen functional groups attached to an aromatic ring is 1. The van der Waals surface area contributed by atoms with Crippen molar-refractivity contribution in [3.05, 3.63) is 23.8 Å². The second kappa shape index (κ2) is 5.95. The topological polar surface area (TPSA) is 55.6 Å². The Morgan fingerprint density at radius 3 is 2.53 bits per heavy atom. The summed E-state index contributed by atoms with van der Waals surface area (Å²) >= 11 is 0. The first-order valence-electron chi connectivity index (χ1n) is 6.53. The van der Waals surface area contributed by atoms with Crippen LogP contribution in [0.2, 0.25) is 0 Å². The van der Waals surface area contributed by atoms with Gasteiger partial charge in [-0.25, -0.2) is 0 Å². The van der Waals surface area contributed by atoms with E-state index in [4.69, 9.17) is 10.5 Å². The predicted molar refractivity (Wildman–Crippen MR) is 78.4 cm³/mol. The molecule has 0 radical (unpaired) electrons. The standard InChI is InChI=1S/C15H24N2O2/c1-6-19-12-9-7-8-11(16)13(12)14(18)17(5)10-15(2,3)4/h7-9H,6,10,16H2,1-5H3. The van der Waals surface area contributed by atoms with E-state index in [-0.39, 0.29) is 11.3 Å². The van der Waals surface area contributed by atoms with Gasteiger partial charge in [0, 0.05) is 19.3 Å². The van der Waals surface area contributed by atoms with Crippen molar-refractivity contribution in [2.75, 3.05) is 25.9 Å². The molecule has 4 nitrogen and oxygen atoms in total. The Morgan fingerprint density at radius 1 is 1.37 bits per heavy atom. The van der Waals surface area contributed by atoms with Crippen LogP contribution < -0.4 is 10.5 Å². The van der Waals surface area contributed by atoms with E-state index in [1.54, 1.807) is 30.1 Å². The van der Waals surface area contributed by atoms with Gasteiger partial charge in [0.15, 0.2) is 0 Å². The molecule has 0 fully saturated rings. The van der Waals surface area contributed by atoms with Gasteiger partial charge in [0.25, 0.3) is 5.91 Å². The van der Waals surface area contributed by atoms with Crippen LogP contribution in [0.1, 0.15) is 38.1 Å². The minimum atomic E-state index is -0.100. The van der Waals surface area contributed by atoms with Gasteiger partial charge in [-0.2, -0.15) is 0 Å². The van der Waals surface area contributed by atoms with Gasteiger partial charge in [0.05, 0.1) is 6.61 Å². The minimum Gasteiger partial charge on any atom is -0.493 e. The quantitative estimate of drug-likeness (QED) is 0.851. The molecule has 106 valence electrons. The summed E-state index contributed by atoms with van der Waals surface area (Å²) in [6.07, 6.45) is 0. The number of ether oxygens (including phenoxy) is 1. The van der Waals surface area contributed by atoms with E-state index in [0.717, 1.165) is 0 Å². The molecule has 0 bridgehead atoms. The monoisotopic (exact) mass is 264 g/mol. The highest BCUT2D eigenvalue weighted by Crippen LogP contribution is 2.27. The number of hydrogen-bond acceptors (Lipinski definition) is 3. The number of benzene rings is 1.